The molecule has 2 rings (SSSR count). The molecule has 0 radical (unpaired) electrons. The molecule has 0 bridgehead atoms. The minimum absolute atomic E-state index is 0.192. The molecule has 1 aromatic heterocycles. The lowest BCUT2D eigenvalue weighted by molar-refractivity contribution is 0.0438. The van der Waals surface area contributed by atoms with Crippen LogP contribution in [0.2, 0.25) is 0 Å². The predicted molar refractivity (Wildman–Crippen MR) is 83.1 cm³/mol. The van der Waals surface area contributed by atoms with Crippen LogP contribution < -0.4 is 10.2 Å². The van der Waals surface area contributed by atoms with Crippen molar-refractivity contribution in [3.05, 3.63) is 23.6 Å². The van der Waals surface area contributed by atoms with Crippen molar-refractivity contribution in [3.8, 4) is 0 Å². The van der Waals surface area contributed by atoms with Crippen molar-refractivity contribution in [1.82, 2.24) is 10.3 Å². The van der Waals surface area contributed by atoms with Gasteiger partial charge in [0.15, 0.2) is 11.6 Å². The second-order valence-corrected chi connectivity index (χ2v) is 5.47. The van der Waals surface area contributed by atoms with Gasteiger partial charge in [0.1, 0.15) is 0 Å². The standard InChI is InChI=1S/C16H26FN3O/c1-3-10-21-14-6-5-9-20(12-14)16-15(17)13(7-8-19-16)11-18-4-2/h7-8,14,18H,3-6,9-12H2,1-2H3. The minimum atomic E-state index is -0.199. The van der Waals surface area contributed by atoms with E-state index in [0.29, 0.717) is 17.9 Å². The maximum absolute atomic E-state index is 14.6. The van der Waals surface area contributed by atoms with Crippen LogP contribution in [-0.2, 0) is 11.3 Å². The molecule has 1 saturated heterocycles. The number of halogens is 1. The monoisotopic (exact) mass is 295 g/mol. The Hall–Kier alpha value is -1.20. The average molecular weight is 295 g/mol. The van der Waals surface area contributed by atoms with Crippen LogP contribution in [0, 0.1) is 5.82 Å². The van der Waals surface area contributed by atoms with Gasteiger partial charge in [-0.05, 0) is 31.9 Å². The van der Waals surface area contributed by atoms with Gasteiger partial charge in [0.05, 0.1) is 6.10 Å². The molecule has 1 fully saturated rings. The van der Waals surface area contributed by atoms with E-state index in [1.54, 1.807) is 12.3 Å². The number of hydrogen-bond donors (Lipinski definition) is 1. The van der Waals surface area contributed by atoms with Crippen LogP contribution in [0.4, 0.5) is 10.2 Å². The molecule has 4 nitrogen and oxygen atoms in total. The SMILES string of the molecule is CCCOC1CCCN(c2nccc(CNCC)c2F)C1. The first-order valence-electron chi connectivity index (χ1n) is 7.96. The molecule has 1 aliphatic rings. The lowest BCUT2D eigenvalue weighted by Crippen LogP contribution is -2.40. The molecule has 1 N–H and O–H groups in total. The Kier molecular flexibility index (Phi) is 6.39. The fourth-order valence-corrected chi connectivity index (χ4v) is 2.64. The molecule has 2 heterocycles. The van der Waals surface area contributed by atoms with Crippen LogP contribution in [0.1, 0.15) is 38.7 Å². The van der Waals surface area contributed by atoms with Gasteiger partial charge in [0.25, 0.3) is 0 Å². The molecule has 0 aromatic carbocycles. The maximum atomic E-state index is 14.6. The summed E-state index contributed by atoms with van der Waals surface area (Å²) in [6.07, 6.45) is 4.97. The van der Waals surface area contributed by atoms with Crippen LogP contribution in [0.3, 0.4) is 0 Å². The van der Waals surface area contributed by atoms with Crippen LogP contribution in [0.15, 0.2) is 12.3 Å². The van der Waals surface area contributed by atoms with Gasteiger partial charge in [0.2, 0.25) is 0 Å². The Bertz CT molecular complexity index is 442. The zero-order valence-corrected chi connectivity index (χ0v) is 13.1. The number of nitrogens with zero attached hydrogens (tertiary/aromatic N) is 2. The smallest absolute Gasteiger partial charge is 0.170 e. The second-order valence-electron chi connectivity index (χ2n) is 5.47. The van der Waals surface area contributed by atoms with E-state index < -0.39 is 0 Å². The summed E-state index contributed by atoms with van der Waals surface area (Å²) in [6, 6.07) is 1.75. The van der Waals surface area contributed by atoms with Crippen molar-refractivity contribution in [3.63, 3.8) is 0 Å². The predicted octanol–water partition coefficient (Wildman–Crippen LogP) is 2.73. The Labute approximate surface area is 126 Å². The fraction of sp³-hybridized carbons (Fsp3) is 0.688. The van der Waals surface area contributed by atoms with Crippen molar-refractivity contribution in [2.24, 2.45) is 0 Å². The highest BCUT2D eigenvalue weighted by Crippen LogP contribution is 2.24. The molecular formula is C16H26FN3O. The summed E-state index contributed by atoms with van der Waals surface area (Å²) in [4.78, 5) is 6.28. The third-order valence-corrected chi connectivity index (χ3v) is 3.75. The Balaban J connectivity index is 2.06. The zero-order valence-electron chi connectivity index (χ0n) is 13.1. The van der Waals surface area contributed by atoms with E-state index in [4.69, 9.17) is 4.74 Å². The largest absolute Gasteiger partial charge is 0.376 e. The summed E-state index contributed by atoms with van der Waals surface area (Å²) < 4.78 is 20.4. The van der Waals surface area contributed by atoms with Crippen molar-refractivity contribution < 1.29 is 9.13 Å². The second kappa shape index (κ2) is 8.29. The molecule has 0 saturated carbocycles. The van der Waals surface area contributed by atoms with Gasteiger partial charge >= 0.3 is 0 Å². The highest BCUT2D eigenvalue weighted by molar-refractivity contribution is 5.43. The molecule has 118 valence electrons. The van der Waals surface area contributed by atoms with Crippen molar-refractivity contribution in [1.29, 1.82) is 0 Å². The molecule has 0 amide bonds. The molecule has 5 heteroatoms. The van der Waals surface area contributed by atoms with E-state index in [9.17, 15) is 4.39 Å². The van der Waals surface area contributed by atoms with E-state index in [1.807, 2.05) is 11.8 Å². The number of pyridine rings is 1. The number of anilines is 1. The lowest BCUT2D eigenvalue weighted by Gasteiger charge is -2.33. The van der Waals surface area contributed by atoms with Gasteiger partial charge in [-0.3, -0.25) is 0 Å². The highest BCUT2D eigenvalue weighted by Gasteiger charge is 2.24. The van der Waals surface area contributed by atoms with Gasteiger partial charge in [-0.2, -0.15) is 0 Å². The number of rotatable bonds is 7. The van der Waals surface area contributed by atoms with Crippen LogP contribution in [-0.4, -0.2) is 37.3 Å². The van der Waals surface area contributed by atoms with Crippen molar-refractivity contribution in [2.75, 3.05) is 31.1 Å². The van der Waals surface area contributed by atoms with E-state index in [2.05, 4.69) is 17.2 Å². The van der Waals surface area contributed by atoms with Crippen molar-refractivity contribution >= 4 is 5.82 Å². The van der Waals surface area contributed by atoms with Crippen LogP contribution >= 0.6 is 0 Å². The van der Waals surface area contributed by atoms with Crippen LogP contribution in [0.5, 0.6) is 0 Å². The topological polar surface area (TPSA) is 37.4 Å². The fourth-order valence-electron chi connectivity index (χ4n) is 2.64. The van der Waals surface area contributed by atoms with E-state index in [1.165, 1.54) is 0 Å². The Morgan fingerprint density at radius 1 is 1.48 bits per heavy atom. The van der Waals surface area contributed by atoms with Gasteiger partial charge in [0, 0.05) is 38.0 Å². The molecule has 1 atom stereocenters. The third-order valence-electron chi connectivity index (χ3n) is 3.75. The lowest BCUT2D eigenvalue weighted by atomic mass is 10.1. The van der Waals surface area contributed by atoms with E-state index >= 15 is 0 Å². The number of piperidine rings is 1. The Morgan fingerprint density at radius 2 is 2.33 bits per heavy atom. The molecule has 1 unspecified atom stereocenters. The normalized spacial score (nSPS) is 19.0. The first-order valence-corrected chi connectivity index (χ1v) is 7.96. The number of hydrogen-bond acceptors (Lipinski definition) is 4. The molecule has 1 aliphatic heterocycles. The number of nitrogens with one attached hydrogen (secondary N) is 1. The minimum Gasteiger partial charge on any atom is -0.376 e. The third kappa shape index (κ3) is 4.38. The average Bonchev–Trinajstić information content (AvgIpc) is 2.52. The number of ether oxygens (including phenoxy) is 1. The zero-order chi connectivity index (χ0) is 15.1. The summed E-state index contributed by atoms with van der Waals surface area (Å²) in [7, 11) is 0. The first-order chi connectivity index (χ1) is 10.3. The Morgan fingerprint density at radius 3 is 3.10 bits per heavy atom. The summed E-state index contributed by atoms with van der Waals surface area (Å²) in [5.41, 5.74) is 0.679. The quantitative estimate of drug-likeness (QED) is 0.839. The summed E-state index contributed by atoms with van der Waals surface area (Å²) >= 11 is 0. The summed E-state index contributed by atoms with van der Waals surface area (Å²) in [5.74, 6) is 0.268. The van der Waals surface area contributed by atoms with Crippen LogP contribution in [0.25, 0.3) is 0 Å². The molecule has 21 heavy (non-hydrogen) atoms. The summed E-state index contributed by atoms with van der Waals surface area (Å²) in [5, 5.41) is 3.16. The molecule has 1 aromatic rings. The molecule has 0 spiro atoms. The highest BCUT2D eigenvalue weighted by atomic mass is 19.1. The van der Waals surface area contributed by atoms with Gasteiger partial charge in [-0.15, -0.1) is 0 Å². The summed E-state index contributed by atoms with van der Waals surface area (Å²) in [6.45, 7) is 7.84. The van der Waals surface area contributed by atoms with Gasteiger partial charge in [-0.1, -0.05) is 13.8 Å². The number of aromatic nitrogens is 1. The molecular weight excluding hydrogens is 269 g/mol. The maximum Gasteiger partial charge on any atom is 0.170 e. The molecule has 0 aliphatic carbocycles. The van der Waals surface area contributed by atoms with Crippen molar-refractivity contribution in [2.45, 2.75) is 45.8 Å². The van der Waals surface area contributed by atoms with E-state index in [-0.39, 0.29) is 11.9 Å². The van der Waals surface area contributed by atoms with E-state index in [0.717, 1.165) is 45.5 Å². The van der Waals surface area contributed by atoms with Gasteiger partial charge < -0.3 is 15.0 Å². The first kappa shape index (κ1) is 16.2. The van der Waals surface area contributed by atoms with Gasteiger partial charge in [-0.25, -0.2) is 9.37 Å².